The standard InChI is InChI=1S/C5H12N2O.2BrH/c8-5-3-6-1-2-7-4-5;;/h5-8H,1-4H2;2*1H. The van der Waals surface area contributed by atoms with Crippen molar-refractivity contribution in [2.24, 2.45) is 0 Å². The zero-order chi connectivity index (χ0) is 5.82. The fourth-order valence-corrected chi connectivity index (χ4v) is 0.786. The van der Waals surface area contributed by atoms with Crippen molar-refractivity contribution >= 4 is 34.0 Å². The van der Waals surface area contributed by atoms with Crippen LogP contribution in [0.1, 0.15) is 0 Å². The minimum absolute atomic E-state index is 0. The minimum atomic E-state index is -0.197. The highest BCUT2D eigenvalue weighted by Crippen LogP contribution is 1.79. The number of halogens is 2. The van der Waals surface area contributed by atoms with Crippen molar-refractivity contribution in [3.63, 3.8) is 0 Å². The predicted molar refractivity (Wildman–Crippen MR) is 52.4 cm³/mol. The second-order valence-electron chi connectivity index (χ2n) is 2.06. The molecule has 1 aliphatic rings. The highest BCUT2D eigenvalue weighted by molar-refractivity contribution is 8.93. The lowest BCUT2D eigenvalue weighted by atomic mass is 10.4. The number of nitrogens with one attached hydrogen (secondary N) is 2. The molecule has 64 valence electrons. The van der Waals surface area contributed by atoms with Crippen molar-refractivity contribution in [2.45, 2.75) is 6.10 Å². The number of aliphatic hydroxyl groups excluding tert-OH is 1. The molecule has 0 aromatic heterocycles. The molecule has 0 spiro atoms. The van der Waals surface area contributed by atoms with Gasteiger partial charge < -0.3 is 15.7 Å². The van der Waals surface area contributed by atoms with Crippen LogP contribution in [0.5, 0.6) is 0 Å². The van der Waals surface area contributed by atoms with Crippen LogP contribution in [0.4, 0.5) is 0 Å². The molecule has 3 N–H and O–H groups in total. The molecule has 0 bridgehead atoms. The summed E-state index contributed by atoms with van der Waals surface area (Å²) < 4.78 is 0. The molecular formula is C5H14Br2N2O. The Balaban J connectivity index is 0. The summed E-state index contributed by atoms with van der Waals surface area (Å²) in [5.41, 5.74) is 0. The zero-order valence-corrected chi connectivity index (χ0v) is 9.10. The lowest BCUT2D eigenvalue weighted by molar-refractivity contribution is 0.179. The van der Waals surface area contributed by atoms with E-state index in [1.54, 1.807) is 0 Å². The molecule has 0 aromatic carbocycles. The monoisotopic (exact) mass is 276 g/mol. The first-order valence-electron chi connectivity index (χ1n) is 2.99. The summed E-state index contributed by atoms with van der Waals surface area (Å²) in [4.78, 5) is 0. The van der Waals surface area contributed by atoms with Gasteiger partial charge in [0.05, 0.1) is 6.10 Å². The maximum atomic E-state index is 8.96. The van der Waals surface area contributed by atoms with Crippen LogP contribution in [0.25, 0.3) is 0 Å². The average Bonchev–Trinajstić information content (AvgIpc) is 1.94. The maximum Gasteiger partial charge on any atom is 0.0788 e. The topological polar surface area (TPSA) is 44.3 Å². The summed E-state index contributed by atoms with van der Waals surface area (Å²) >= 11 is 0. The second kappa shape index (κ2) is 7.94. The van der Waals surface area contributed by atoms with Crippen LogP contribution in [0.3, 0.4) is 0 Å². The van der Waals surface area contributed by atoms with Gasteiger partial charge in [-0.15, -0.1) is 34.0 Å². The Morgan fingerprint density at radius 3 is 1.80 bits per heavy atom. The van der Waals surface area contributed by atoms with Gasteiger partial charge in [0.1, 0.15) is 0 Å². The van der Waals surface area contributed by atoms with E-state index in [4.69, 9.17) is 5.11 Å². The lowest BCUT2D eigenvalue weighted by Crippen LogP contribution is -2.28. The lowest BCUT2D eigenvalue weighted by Gasteiger charge is -2.03. The average molecular weight is 278 g/mol. The number of hydrogen-bond acceptors (Lipinski definition) is 3. The zero-order valence-electron chi connectivity index (χ0n) is 5.67. The Hall–Kier alpha value is 0.840. The molecule has 1 saturated heterocycles. The summed E-state index contributed by atoms with van der Waals surface area (Å²) in [5, 5.41) is 15.1. The smallest absolute Gasteiger partial charge is 0.0788 e. The van der Waals surface area contributed by atoms with Crippen molar-refractivity contribution in [1.82, 2.24) is 10.6 Å². The molecule has 0 amide bonds. The Labute approximate surface area is 82.1 Å². The van der Waals surface area contributed by atoms with E-state index >= 15 is 0 Å². The van der Waals surface area contributed by atoms with Gasteiger partial charge in [0, 0.05) is 26.2 Å². The van der Waals surface area contributed by atoms with Crippen LogP contribution in [0.2, 0.25) is 0 Å². The predicted octanol–water partition coefficient (Wildman–Crippen LogP) is -0.304. The van der Waals surface area contributed by atoms with Crippen molar-refractivity contribution in [3.8, 4) is 0 Å². The van der Waals surface area contributed by atoms with Gasteiger partial charge in [0.15, 0.2) is 0 Å². The molecule has 0 atom stereocenters. The van der Waals surface area contributed by atoms with Crippen molar-refractivity contribution in [1.29, 1.82) is 0 Å². The molecule has 1 heterocycles. The number of rotatable bonds is 0. The Morgan fingerprint density at radius 1 is 1.00 bits per heavy atom. The Bertz CT molecular complexity index is 66.7. The molecule has 0 aliphatic carbocycles. The van der Waals surface area contributed by atoms with Crippen molar-refractivity contribution in [3.05, 3.63) is 0 Å². The first-order chi connectivity index (χ1) is 3.89. The third-order valence-electron chi connectivity index (χ3n) is 1.24. The van der Waals surface area contributed by atoms with E-state index in [1.807, 2.05) is 0 Å². The first-order valence-corrected chi connectivity index (χ1v) is 2.99. The van der Waals surface area contributed by atoms with Crippen LogP contribution in [-0.4, -0.2) is 37.4 Å². The quantitative estimate of drug-likeness (QED) is 0.570. The highest BCUT2D eigenvalue weighted by Gasteiger charge is 2.04. The highest BCUT2D eigenvalue weighted by atomic mass is 79.9. The van der Waals surface area contributed by atoms with Crippen LogP contribution in [0.15, 0.2) is 0 Å². The van der Waals surface area contributed by atoms with Crippen LogP contribution >= 0.6 is 34.0 Å². The fourth-order valence-electron chi connectivity index (χ4n) is 0.786. The van der Waals surface area contributed by atoms with Gasteiger partial charge in [-0.05, 0) is 0 Å². The first kappa shape index (κ1) is 13.4. The van der Waals surface area contributed by atoms with Crippen molar-refractivity contribution in [2.75, 3.05) is 26.2 Å². The molecule has 1 fully saturated rings. The summed E-state index contributed by atoms with van der Waals surface area (Å²) in [7, 11) is 0. The number of aliphatic hydroxyl groups is 1. The van der Waals surface area contributed by atoms with Gasteiger partial charge in [0.25, 0.3) is 0 Å². The number of β-amino-alcohol motifs (C(OH)–C–C–N with tert-alkyl or cyclic N) is 1. The fraction of sp³-hybridized carbons (Fsp3) is 1.00. The second-order valence-corrected chi connectivity index (χ2v) is 2.06. The summed E-state index contributed by atoms with van der Waals surface area (Å²) in [5.74, 6) is 0. The molecule has 3 nitrogen and oxygen atoms in total. The van der Waals surface area contributed by atoms with Gasteiger partial charge in [-0.2, -0.15) is 0 Å². The van der Waals surface area contributed by atoms with E-state index in [-0.39, 0.29) is 40.1 Å². The van der Waals surface area contributed by atoms with E-state index in [9.17, 15) is 0 Å². The molecule has 5 heteroatoms. The van der Waals surface area contributed by atoms with E-state index < -0.39 is 0 Å². The molecule has 1 rings (SSSR count). The summed E-state index contributed by atoms with van der Waals surface area (Å²) in [6.07, 6.45) is -0.197. The van der Waals surface area contributed by atoms with Crippen LogP contribution < -0.4 is 10.6 Å². The summed E-state index contributed by atoms with van der Waals surface area (Å²) in [6.45, 7) is 3.40. The third-order valence-corrected chi connectivity index (χ3v) is 1.24. The molecule has 0 radical (unpaired) electrons. The molecule has 1 aliphatic heterocycles. The SMILES string of the molecule is Br.Br.OC1CNCCNC1. The van der Waals surface area contributed by atoms with Crippen molar-refractivity contribution < 1.29 is 5.11 Å². The molecule has 10 heavy (non-hydrogen) atoms. The normalized spacial score (nSPS) is 20.1. The van der Waals surface area contributed by atoms with Gasteiger partial charge in [0.2, 0.25) is 0 Å². The number of hydrogen-bond donors (Lipinski definition) is 3. The van der Waals surface area contributed by atoms with Crippen LogP contribution in [0, 0.1) is 0 Å². The van der Waals surface area contributed by atoms with Gasteiger partial charge >= 0.3 is 0 Å². The van der Waals surface area contributed by atoms with E-state index in [1.165, 1.54) is 0 Å². The van der Waals surface area contributed by atoms with E-state index in [0.29, 0.717) is 0 Å². The van der Waals surface area contributed by atoms with Gasteiger partial charge in [-0.25, -0.2) is 0 Å². The molecular weight excluding hydrogens is 264 g/mol. The van der Waals surface area contributed by atoms with Crippen LogP contribution in [-0.2, 0) is 0 Å². The van der Waals surface area contributed by atoms with Gasteiger partial charge in [-0.3, -0.25) is 0 Å². The van der Waals surface area contributed by atoms with E-state index in [0.717, 1.165) is 26.2 Å². The molecule has 0 saturated carbocycles. The molecule has 0 unspecified atom stereocenters. The third kappa shape index (κ3) is 5.61. The van der Waals surface area contributed by atoms with Gasteiger partial charge in [-0.1, -0.05) is 0 Å². The Morgan fingerprint density at radius 2 is 1.40 bits per heavy atom. The minimum Gasteiger partial charge on any atom is -0.390 e. The molecule has 0 aromatic rings. The van der Waals surface area contributed by atoms with E-state index in [2.05, 4.69) is 10.6 Å². The largest absolute Gasteiger partial charge is 0.390 e. The summed E-state index contributed by atoms with van der Waals surface area (Å²) in [6, 6.07) is 0. The maximum absolute atomic E-state index is 8.96. The Kier molecular flexibility index (Phi) is 10.7.